The summed E-state index contributed by atoms with van der Waals surface area (Å²) in [6.45, 7) is 4.59. The van der Waals surface area contributed by atoms with Gasteiger partial charge in [0.15, 0.2) is 11.5 Å². The largest absolute Gasteiger partial charge is 0.493 e. The fourth-order valence-electron chi connectivity index (χ4n) is 2.97. The van der Waals surface area contributed by atoms with E-state index in [0.29, 0.717) is 24.8 Å². The Morgan fingerprint density at radius 3 is 2.77 bits per heavy atom. The molecule has 8 nitrogen and oxygen atoms in total. The summed E-state index contributed by atoms with van der Waals surface area (Å²) in [6, 6.07) is 2.60. The molecule has 2 rings (SSSR count). The summed E-state index contributed by atoms with van der Waals surface area (Å²) < 4.78 is 10.5. The normalized spacial score (nSPS) is 16.3. The number of carbonyl (C=O) groups excluding carboxylic acids is 1. The number of methoxy groups -OCH3 is 1. The minimum absolute atomic E-state index is 0. The quantitative estimate of drug-likeness (QED) is 0.525. The lowest BCUT2D eigenvalue weighted by atomic mass is 9.96. The smallest absolute Gasteiger partial charge is 0.286 e. The van der Waals surface area contributed by atoms with E-state index in [0.717, 1.165) is 32.4 Å². The van der Waals surface area contributed by atoms with E-state index in [1.54, 1.807) is 6.92 Å². The monoisotopic (exact) mass is 387 g/mol. The number of nitrogens with one attached hydrogen (secondary N) is 2. The fraction of sp³-hybridized carbons (Fsp3) is 0.588. The topological polar surface area (TPSA) is 103 Å². The van der Waals surface area contributed by atoms with Crippen molar-refractivity contribution in [3.63, 3.8) is 0 Å². The lowest BCUT2D eigenvalue weighted by Crippen LogP contribution is -2.33. The number of piperidine rings is 1. The number of amides is 1. The molecule has 1 aromatic rings. The first kappa shape index (κ1) is 22.0. The summed E-state index contributed by atoms with van der Waals surface area (Å²) in [5.74, 6) is 0.603. The van der Waals surface area contributed by atoms with E-state index in [9.17, 15) is 14.9 Å². The standard InChI is InChI=1S/C17H25N3O5.ClH/c1-3-25-16-10-14(20(22)23)13(9-15(16)24-2)17(21)19-8-6-12-5-4-7-18-11-12;/h9-10,12,18H,3-8,11H2,1-2H3,(H,19,21);1H. The number of nitro groups is 1. The van der Waals surface area contributed by atoms with Crippen LogP contribution in [0, 0.1) is 16.0 Å². The molecule has 0 spiro atoms. The molecule has 0 aliphatic carbocycles. The first-order valence-electron chi connectivity index (χ1n) is 8.55. The van der Waals surface area contributed by atoms with Gasteiger partial charge in [-0.05, 0) is 45.2 Å². The van der Waals surface area contributed by atoms with E-state index in [2.05, 4.69) is 10.6 Å². The summed E-state index contributed by atoms with van der Waals surface area (Å²) >= 11 is 0. The molecule has 1 unspecified atom stereocenters. The molecule has 1 aliphatic rings. The third-order valence-electron chi connectivity index (χ3n) is 4.26. The molecule has 26 heavy (non-hydrogen) atoms. The van der Waals surface area contributed by atoms with Crippen molar-refractivity contribution in [2.24, 2.45) is 5.92 Å². The summed E-state index contributed by atoms with van der Waals surface area (Å²) in [5, 5.41) is 17.4. The SMILES string of the molecule is CCOc1cc([N+](=O)[O-])c(C(=O)NCCC2CCCNC2)cc1OC.Cl. The van der Waals surface area contributed by atoms with Gasteiger partial charge in [-0.3, -0.25) is 14.9 Å². The van der Waals surface area contributed by atoms with E-state index in [1.165, 1.54) is 19.2 Å². The Morgan fingerprint density at radius 1 is 1.42 bits per heavy atom. The molecule has 0 aromatic heterocycles. The Morgan fingerprint density at radius 2 is 2.19 bits per heavy atom. The maximum Gasteiger partial charge on any atom is 0.286 e. The first-order valence-corrected chi connectivity index (χ1v) is 8.55. The maximum absolute atomic E-state index is 12.4. The van der Waals surface area contributed by atoms with Gasteiger partial charge in [0, 0.05) is 12.6 Å². The van der Waals surface area contributed by atoms with Crippen molar-refractivity contribution < 1.29 is 19.2 Å². The van der Waals surface area contributed by atoms with Gasteiger partial charge in [0.2, 0.25) is 0 Å². The predicted molar refractivity (Wildman–Crippen MR) is 101 cm³/mol. The van der Waals surface area contributed by atoms with Gasteiger partial charge in [0.1, 0.15) is 5.56 Å². The van der Waals surface area contributed by atoms with Crippen LogP contribution >= 0.6 is 12.4 Å². The van der Waals surface area contributed by atoms with Gasteiger partial charge in [0.05, 0.1) is 24.7 Å². The highest BCUT2D eigenvalue weighted by molar-refractivity contribution is 5.99. The Balaban J connectivity index is 0.00000338. The van der Waals surface area contributed by atoms with Crippen LogP contribution in [0.2, 0.25) is 0 Å². The molecule has 1 atom stereocenters. The molecule has 0 bridgehead atoms. The van der Waals surface area contributed by atoms with Crippen molar-refractivity contribution in [2.75, 3.05) is 33.4 Å². The fourth-order valence-corrected chi connectivity index (χ4v) is 2.97. The Kier molecular flexibility index (Phi) is 9.15. The van der Waals surface area contributed by atoms with E-state index in [-0.39, 0.29) is 29.4 Å². The molecule has 146 valence electrons. The first-order chi connectivity index (χ1) is 12.1. The average Bonchev–Trinajstić information content (AvgIpc) is 2.62. The van der Waals surface area contributed by atoms with Crippen LogP contribution in [-0.4, -0.2) is 44.2 Å². The summed E-state index contributed by atoms with van der Waals surface area (Å²) in [7, 11) is 1.43. The molecule has 2 N–H and O–H groups in total. The number of benzene rings is 1. The molecule has 1 aliphatic heterocycles. The van der Waals surface area contributed by atoms with Crippen LogP contribution in [0.5, 0.6) is 11.5 Å². The zero-order valence-corrected chi connectivity index (χ0v) is 15.9. The molecule has 1 fully saturated rings. The van der Waals surface area contributed by atoms with Crippen LogP contribution in [0.15, 0.2) is 12.1 Å². The van der Waals surface area contributed by atoms with Crippen LogP contribution in [0.4, 0.5) is 5.69 Å². The van der Waals surface area contributed by atoms with Crippen LogP contribution in [0.3, 0.4) is 0 Å². The minimum Gasteiger partial charge on any atom is -0.493 e. The third-order valence-corrected chi connectivity index (χ3v) is 4.26. The van der Waals surface area contributed by atoms with Gasteiger partial charge in [-0.2, -0.15) is 0 Å². The molecule has 1 amide bonds. The number of ether oxygens (including phenoxy) is 2. The zero-order valence-electron chi connectivity index (χ0n) is 15.1. The van der Waals surface area contributed by atoms with Gasteiger partial charge >= 0.3 is 0 Å². The number of nitro benzene ring substituents is 1. The Bertz CT molecular complexity index is 621. The lowest BCUT2D eigenvalue weighted by Gasteiger charge is -2.22. The van der Waals surface area contributed by atoms with Gasteiger partial charge in [-0.25, -0.2) is 0 Å². The summed E-state index contributed by atoms with van der Waals surface area (Å²) in [4.78, 5) is 23.2. The maximum atomic E-state index is 12.4. The van der Waals surface area contributed by atoms with E-state index < -0.39 is 10.8 Å². The number of nitrogens with zero attached hydrogens (tertiary/aromatic N) is 1. The van der Waals surface area contributed by atoms with Crippen LogP contribution in [-0.2, 0) is 0 Å². The van der Waals surface area contributed by atoms with Gasteiger partial charge < -0.3 is 20.1 Å². The number of hydrogen-bond donors (Lipinski definition) is 2. The Hall–Kier alpha value is -2.06. The average molecular weight is 388 g/mol. The van der Waals surface area contributed by atoms with Crippen molar-refractivity contribution in [3.05, 3.63) is 27.8 Å². The minimum atomic E-state index is -0.581. The summed E-state index contributed by atoms with van der Waals surface area (Å²) in [6.07, 6.45) is 3.13. The van der Waals surface area contributed by atoms with Gasteiger partial charge in [0.25, 0.3) is 11.6 Å². The second kappa shape index (κ2) is 10.8. The van der Waals surface area contributed by atoms with Crippen molar-refractivity contribution in [1.29, 1.82) is 0 Å². The lowest BCUT2D eigenvalue weighted by molar-refractivity contribution is -0.385. The van der Waals surface area contributed by atoms with Crippen molar-refractivity contribution >= 4 is 24.0 Å². The van der Waals surface area contributed by atoms with Gasteiger partial charge in [-0.1, -0.05) is 0 Å². The third kappa shape index (κ3) is 5.74. The van der Waals surface area contributed by atoms with Crippen molar-refractivity contribution in [2.45, 2.75) is 26.2 Å². The van der Waals surface area contributed by atoms with E-state index in [1.807, 2.05) is 0 Å². The highest BCUT2D eigenvalue weighted by Gasteiger charge is 2.24. The van der Waals surface area contributed by atoms with Crippen LogP contribution < -0.4 is 20.1 Å². The highest BCUT2D eigenvalue weighted by atomic mass is 35.5. The Labute approximate surface area is 159 Å². The number of rotatable bonds is 8. The van der Waals surface area contributed by atoms with Gasteiger partial charge in [-0.15, -0.1) is 12.4 Å². The second-order valence-electron chi connectivity index (χ2n) is 5.97. The van der Waals surface area contributed by atoms with Crippen molar-refractivity contribution in [1.82, 2.24) is 10.6 Å². The van der Waals surface area contributed by atoms with E-state index >= 15 is 0 Å². The second-order valence-corrected chi connectivity index (χ2v) is 5.97. The molecule has 1 saturated heterocycles. The molecular formula is C17H26ClN3O5. The van der Waals surface area contributed by atoms with Crippen LogP contribution in [0.25, 0.3) is 0 Å². The number of hydrogen-bond acceptors (Lipinski definition) is 6. The highest BCUT2D eigenvalue weighted by Crippen LogP contribution is 2.34. The summed E-state index contributed by atoms with van der Waals surface area (Å²) in [5.41, 5.74) is -0.312. The number of halogens is 1. The van der Waals surface area contributed by atoms with E-state index in [4.69, 9.17) is 9.47 Å². The molecular weight excluding hydrogens is 362 g/mol. The molecule has 0 radical (unpaired) electrons. The number of carbonyl (C=O) groups is 1. The predicted octanol–water partition coefficient (Wildman–Crippen LogP) is 2.54. The zero-order chi connectivity index (χ0) is 18.2. The van der Waals surface area contributed by atoms with Crippen molar-refractivity contribution in [3.8, 4) is 11.5 Å². The molecule has 9 heteroatoms. The molecule has 1 heterocycles. The van der Waals surface area contributed by atoms with Crippen LogP contribution in [0.1, 0.15) is 36.5 Å². The molecule has 0 saturated carbocycles. The molecule has 1 aromatic carbocycles.